The molecule has 0 bridgehead atoms. The van der Waals surface area contributed by atoms with Gasteiger partial charge in [-0.25, -0.2) is 0 Å². The molecule has 1 N–H and O–H groups in total. The topological polar surface area (TPSA) is 21.3 Å². The van der Waals surface area contributed by atoms with Crippen molar-refractivity contribution in [2.24, 2.45) is 5.92 Å². The third kappa shape index (κ3) is 4.42. The second-order valence-corrected chi connectivity index (χ2v) is 5.17. The molecule has 1 aliphatic carbocycles. The summed E-state index contributed by atoms with van der Waals surface area (Å²) in [6, 6.07) is 1.32. The van der Waals surface area contributed by atoms with Crippen molar-refractivity contribution in [3.05, 3.63) is 0 Å². The molecule has 1 fully saturated rings. The van der Waals surface area contributed by atoms with Crippen LogP contribution < -0.4 is 5.32 Å². The third-order valence-electron chi connectivity index (χ3n) is 3.91. The van der Waals surface area contributed by atoms with Gasteiger partial charge in [-0.3, -0.25) is 0 Å². The first-order chi connectivity index (χ1) is 7.81. The molecule has 0 aromatic carbocycles. The van der Waals surface area contributed by atoms with Gasteiger partial charge in [-0.05, 0) is 25.2 Å². The summed E-state index contributed by atoms with van der Waals surface area (Å²) in [6.45, 7) is 5.45. The zero-order valence-electron chi connectivity index (χ0n) is 11.3. The van der Waals surface area contributed by atoms with E-state index in [-0.39, 0.29) is 0 Å². The molecule has 3 unspecified atom stereocenters. The van der Waals surface area contributed by atoms with Gasteiger partial charge in [-0.1, -0.05) is 39.5 Å². The van der Waals surface area contributed by atoms with Gasteiger partial charge in [0.2, 0.25) is 0 Å². The fraction of sp³-hybridized carbons (Fsp3) is 1.00. The van der Waals surface area contributed by atoms with Crippen LogP contribution in [-0.2, 0) is 4.74 Å². The molecule has 0 aromatic rings. The van der Waals surface area contributed by atoms with Crippen LogP contribution in [0.3, 0.4) is 0 Å². The maximum atomic E-state index is 5.32. The Balaban J connectivity index is 2.34. The van der Waals surface area contributed by atoms with Crippen molar-refractivity contribution in [1.29, 1.82) is 0 Å². The second kappa shape index (κ2) is 8.08. The standard InChI is InChI=1S/C14H29NO/c1-4-6-9-13(11-16-3)15-14-10-7-8-12(14)5-2/h12-15H,4-11H2,1-3H3. The van der Waals surface area contributed by atoms with Gasteiger partial charge in [0.15, 0.2) is 0 Å². The van der Waals surface area contributed by atoms with Crippen molar-refractivity contribution in [2.45, 2.75) is 70.9 Å². The minimum atomic E-state index is 0.571. The molecule has 96 valence electrons. The number of hydrogen-bond acceptors (Lipinski definition) is 2. The Morgan fingerprint density at radius 2 is 2.12 bits per heavy atom. The number of nitrogens with one attached hydrogen (secondary N) is 1. The predicted octanol–water partition coefficient (Wildman–Crippen LogP) is 3.36. The van der Waals surface area contributed by atoms with Gasteiger partial charge in [0.05, 0.1) is 6.61 Å². The molecule has 0 saturated heterocycles. The SMILES string of the molecule is CCCCC(COC)NC1CCCC1CC. The maximum absolute atomic E-state index is 5.32. The number of ether oxygens (including phenoxy) is 1. The number of rotatable bonds is 8. The summed E-state index contributed by atoms with van der Waals surface area (Å²) in [5.41, 5.74) is 0. The molecular formula is C14H29NO. The smallest absolute Gasteiger partial charge is 0.0615 e. The predicted molar refractivity (Wildman–Crippen MR) is 69.7 cm³/mol. The number of hydrogen-bond donors (Lipinski definition) is 1. The molecule has 0 spiro atoms. The van der Waals surface area contributed by atoms with Gasteiger partial charge in [-0.15, -0.1) is 0 Å². The lowest BCUT2D eigenvalue weighted by Crippen LogP contribution is -2.42. The molecule has 0 radical (unpaired) electrons. The molecular weight excluding hydrogens is 198 g/mol. The Morgan fingerprint density at radius 3 is 2.75 bits per heavy atom. The molecule has 1 rings (SSSR count). The molecule has 0 heterocycles. The lowest BCUT2D eigenvalue weighted by Gasteiger charge is -2.26. The Morgan fingerprint density at radius 1 is 1.31 bits per heavy atom. The van der Waals surface area contributed by atoms with Crippen LogP contribution in [0.5, 0.6) is 0 Å². The van der Waals surface area contributed by atoms with Crippen LogP contribution in [-0.4, -0.2) is 25.8 Å². The number of methoxy groups -OCH3 is 1. The highest BCUT2D eigenvalue weighted by atomic mass is 16.5. The van der Waals surface area contributed by atoms with Gasteiger partial charge in [0, 0.05) is 19.2 Å². The highest BCUT2D eigenvalue weighted by Crippen LogP contribution is 2.28. The molecule has 0 aromatic heterocycles. The van der Waals surface area contributed by atoms with E-state index < -0.39 is 0 Å². The van der Waals surface area contributed by atoms with Crippen LogP contribution in [0.2, 0.25) is 0 Å². The van der Waals surface area contributed by atoms with Gasteiger partial charge in [-0.2, -0.15) is 0 Å². The maximum Gasteiger partial charge on any atom is 0.0615 e. The van der Waals surface area contributed by atoms with Gasteiger partial charge in [0.25, 0.3) is 0 Å². The van der Waals surface area contributed by atoms with E-state index in [0.29, 0.717) is 6.04 Å². The Bertz CT molecular complexity index is 172. The quantitative estimate of drug-likeness (QED) is 0.686. The molecule has 1 aliphatic rings. The van der Waals surface area contributed by atoms with E-state index >= 15 is 0 Å². The summed E-state index contributed by atoms with van der Waals surface area (Å²) < 4.78 is 5.32. The van der Waals surface area contributed by atoms with E-state index in [2.05, 4.69) is 19.2 Å². The molecule has 0 aliphatic heterocycles. The minimum absolute atomic E-state index is 0.571. The van der Waals surface area contributed by atoms with Crippen LogP contribution in [0.4, 0.5) is 0 Å². The van der Waals surface area contributed by atoms with Gasteiger partial charge in [0.1, 0.15) is 0 Å². The first-order valence-electron chi connectivity index (χ1n) is 7.06. The fourth-order valence-electron chi connectivity index (χ4n) is 2.91. The summed E-state index contributed by atoms with van der Waals surface area (Å²) in [5.74, 6) is 0.904. The first kappa shape index (κ1) is 14.0. The highest BCUT2D eigenvalue weighted by Gasteiger charge is 2.27. The highest BCUT2D eigenvalue weighted by molar-refractivity contribution is 4.85. The van der Waals surface area contributed by atoms with Gasteiger partial charge >= 0.3 is 0 Å². The van der Waals surface area contributed by atoms with Crippen LogP contribution in [0.25, 0.3) is 0 Å². The van der Waals surface area contributed by atoms with Crippen molar-refractivity contribution in [2.75, 3.05) is 13.7 Å². The van der Waals surface area contributed by atoms with Crippen molar-refractivity contribution in [1.82, 2.24) is 5.32 Å². The fourth-order valence-corrected chi connectivity index (χ4v) is 2.91. The van der Waals surface area contributed by atoms with Crippen LogP contribution in [0, 0.1) is 5.92 Å². The molecule has 16 heavy (non-hydrogen) atoms. The first-order valence-corrected chi connectivity index (χ1v) is 7.06. The Hall–Kier alpha value is -0.0800. The lowest BCUT2D eigenvalue weighted by atomic mass is 9.99. The summed E-state index contributed by atoms with van der Waals surface area (Å²) >= 11 is 0. The Kier molecular flexibility index (Phi) is 7.06. The summed E-state index contributed by atoms with van der Waals surface area (Å²) in [5, 5.41) is 3.83. The average molecular weight is 227 g/mol. The van der Waals surface area contributed by atoms with Crippen molar-refractivity contribution in [3.8, 4) is 0 Å². The Labute approximate surface area is 101 Å². The van der Waals surface area contributed by atoms with E-state index in [4.69, 9.17) is 4.74 Å². The molecule has 2 nitrogen and oxygen atoms in total. The van der Waals surface area contributed by atoms with E-state index in [1.165, 1.54) is 44.9 Å². The van der Waals surface area contributed by atoms with Crippen LogP contribution in [0.1, 0.15) is 58.8 Å². The van der Waals surface area contributed by atoms with E-state index in [9.17, 15) is 0 Å². The van der Waals surface area contributed by atoms with E-state index in [1.54, 1.807) is 0 Å². The average Bonchev–Trinajstić information content (AvgIpc) is 2.73. The molecule has 3 atom stereocenters. The normalized spacial score (nSPS) is 27.2. The van der Waals surface area contributed by atoms with Crippen LogP contribution >= 0.6 is 0 Å². The monoisotopic (exact) mass is 227 g/mol. The van der Waals surface area contributed by atoms with E-state index in [0.717, 1.165) is 18.6 Å². The summed E-state index contributed by atoms with van der Waals surface area (Å²) in [6.07, 6.45) is 9.37. The zero-order valence-corrected chi connectivity index (χ0v) is 11.3. The molecule has 0 amide bonds. The largest absolute Gasteiger partial charge is 0.383 e. The zero-order chi connectivity index (χ0) is 11.8. The van der Waals surface area contributed by atoms with Crippen molar-refractivity contribution in [3.63, 3.8) is 0 Å². The third-order valence-corrected chi connectivity index (χ3v) is 3.91. The van der Waals surface area contributed by atoms with Crippen molar-refractivity contribution >= 4 is 0 Å². The number of unbranched alkanes of at least 4 members (excludes halogenated alkanes) is 1. The van der Waals surface area contributed by atoms with Crippen LogP contribution in [0.15, 0.2) is 0 Å². The summed E-state index contributed by atoms with van der Waals surface area (Å²) in [7, 11) is 1.81. The van der Waals surface area contributed by atoms with E-state index in [1.807, 2.05) is 7.11 Å². The minimum Gasteiger partial charge on any atom is -0.383 e. The lowest BCUT2D eigenvalue weighted by molar-refractivity contribution is 0.150. The second-order valence-electron chi connectivity index (χ2n) is 5.17. The van der Waals surface area contributed by atoms with Gasteiger partial charge < -0.3 is 10.1 Å². The molecule has 2 heteroatoms. The molecule has 1 saturated carbocycles. The van der Waals surface area contributed by atoms with Crippen molar-refractivity contribution < 1.29 is 4.74 Å². The summed E-state index contributed by atoms with van der Waals surface area (Å²) in [4.78, 5) is 0.